The summed E-state index contributed by atoms with van der Waals surface area (Å²) in [5, 5.41) is 4.90. The Morgan fingerprint density at radius 2 is 0.639 bits per heavy atom. The van der Waals surface area contributed by atoms with Crippen LogP contribution in [0.15, 0.2) is 303 Å². The first-order valence-corrected chi connectivity index (χ1v) is 24.8. The second-order valence-electron chi connectivity index (χ2n) is 18.1. The van der Waals surface area contributed by atoms with Gasteiger partial charge in [-0.25, -0.2) is 0 Å². The standard InChI is InChI=1S/C68H52N4/c1-5-23-55(24-6-1)69(61-43-47-63(48-44-61)71(57-27-9-3-10-28-57)67-33-17-21-53-19-13-15-31-65(53)67)59-39-35-51(36-40-59)52-37-41-60(42-38-52)70(56-25-7-2-8-26-56)62-45-49-64(50-46-62)72(58-29-11-4-12-30-58)68-34-18-22-54-20-14-16-32-66(54)68/h1-49,64H,50H2. The van der Waals surface area contributed by atoms with Gasteiger partial charge in [0.1, 0.15) is 0 Å². The number of rotatable bonds is 13. The molecule has 0 radical (unpaired) electrons. The van der Waals surface area contributed by atoms with E-state index in [0.717, 1.165) is 68.7 Å². The van der Waals surface area contributed by atoms with Crippen molar-refractivity contribution < 1.29 is 0 Å². The van der Waals surface area contributed by atoms with E-state index in [1.54, 1.807) is 0 Å². The van der Waals surface area contributed by atoms with E-state index in [4.69, 9.17) is 0 Å². The molecule has 0 saturated heterocycles. The van der Waals surface area contributed by atoms with Crippen LogP contribution in [0, 0.1) is 0 Å². The minimum absolute atomic E-state index is 0.132. The van der Waals surface area contributed by atoms with E-state index in [1.807, 2.05) is 0 Å². The average Bonchev–Trinajstić information content (AvgIpc) is 3.46. The molecule has 11 aromatic rings. The average molecular weight is 925 g/mol. The number of hydrogen-bond donors (Lipinski definition) is 0. The van der Waals surface area contributed by atoms with Crippen molar-refractivity contribution in [1.29, 1.82) is 0 Å². The molecule has 0 bridgehead atoms. The van der Waals surface area contributed by atoms with E-state index in [-0.39, 0.29) is 6.04 Å². The molecule has 0 fully saturated rings. The summed E-state index contributed by atoms with van der Waals surface area (Å²) in [6.07, 6.45) is 7.90. The Bertz CT molecular complexity index is 3640. The van der Waals surface area contributed by atoms with Gasteiger partial charge in [0.25, 0.3) is 0 Å². The SMILES string of the molecule is C1=CC(N(c2ccccc2)c2cccc3ccccc23)CC=C1N(c1ccccc1)c1ccc(-c2ccc(N(c3ccccc3)c3ccc(N(c4ccccc4)c4cccc5ccccc45)cc3)cc2)cc1. The van der Waals surface area contributed by atoms with Gasteiger partial charge in [-0.1, -0.05) is 182 Å². The molecule has 0 aliphatic heterocycles. The molecule has 1 atom stereocenters. The smallest absolute Gasteiger partial charge is 0.0561 e. The summed E-state index contributed by atoms with van der Waals surface area (Å²) >= 11 is 0. The van der Waals surface area contributed by atoms with Crippen LogP contribution in [0.25, 0.3) is 32.7 Å². The zero-order chi connectivity index (χ0) is 48.1. The third-order valence-electron chi connectivity index (χ3n) is 13.7. The number of anilines is 10. The van der Waals surface area contributed by atoms with Crippen molar-refractivity contribution in [2.75, 3.05) is 19.6 Å². The van der Waals surface area contributed by atoms with Crippen molar-refractivity contribution in [3.8, 4) is 11.1 Å². The van der Waals surface area contributed by atoms with Crippen LogP contribution in [0.4, 0.5) is 56.9 Å². The molecule has 1 unspecified atom stereocenters. The zero-order valence-corrected chi connectivity index (χ0v) is 39.9. The summed E-state index contributed by atoms with van der Waals surface area (Å²) < 4.78 is 0. The van der Waals surface area contributed by atoms with Crippen LogP contribution in [-0.4, -0.2) is 6.04 Å². The van der Waals surface area contributed by atoms with Crippen LogP contribution in [0.5, 0.6) is 0 Å². The van der Waals surface area contributed by atoms with Crippen molar-refractivity contribution in [2.24, 2.45) is 0 Å². The molecule has 0 heterocycles. The maximum atomic E-state index is 2.49. The van der Waals surface area contributed by atoms with E-state index in [1.165, 1.54) is 32.9 Å². The van der Waals surface area contributed by atoms with Gasteiger partial charge in [0.15, 0.2) is 0 Å². The predicted octanol–water partition coefficient (Wildman–Crippen LogP) is 18.8. The molecule has 0 N–H and O–H groups in total. The van der Waals surface area contributed by atoms with E-state index in [2.05, 4.69) is 317 Å². The topological polar surface area (TPSA) is 13.0 Å². The number of benzene rings is 11. The first-order valence-electron chi connectivity index (χ1n) is 24.8. The molecule has 1 aliphatic rings. The van der Waals surface area contributed by atoms with Gasteiger partial charge in [-0.15, -0.1) is 0 Å². The lowest BCUT2D eigenvalue weighted by Crippen LogP contribution is -2.31. The highest BCUT2D eigenvalue weighted by Gasteiger charge is 2.25. The highest BCUT2D eigenvalue weighted by Crippen LogP contribution is 2.43. The van der Waals surface area contributed by atoms with E-state index < -0.39 is 0 Å². The van der Waals surface area contributed by atoms with Crippen molar-refractivity contribution in [1.82, 2.24) is 0 Å². The number of nitrogens with zero attached hydrogens (tertiary/aromatic N) is 4. The molecule has 344 valence electrons. The molecular weight excluding hydrogens is 873 g/mol. The number of fused-ring (bicyclic) bond motifs is 2. The van der Waals surface area contributed by atoms with Crippen LogP contribution in [0.3, 0.4) is 0 Å². The van der Waals surface area contributed by atoms with Crippen molar-refractivity contribution in [3.05, 3.63) is 303 Å². The van der Waals surface area contributed by atoms with Crippen molar-refractivity contribution in [2.45, 2.75) is 12.5 Å². The summed E-state index contributed by atoms with van der Waals surface area (Å²) in [7, 11) is 0. The second-order valence-corrected chi connectivity index (χ2v) is 18.1. The van der Waals surface area contributed by atoms with E-state index in [9.17, 15) is 0 Å². The van der Waals surface area contributed by atoms with Crippen LogP contribution in [-0.2, 0) is 0 Å². The first kappa shape index (κ1) is 43.9. The van der Waals surface area contributed by atoms with E-state index >= 15 is 0 Å². The van der Waals surface area contributed by atoms with Gasteiger partial charge in [0.05, 0.1) is 11.7 Å². The molecule has 0 amide bonds. The van der Waals surface area contributed by atoms with Gasteiger partial charge in [-0.05, 0) is 144 Å². The Hall–Kier alpha value is -9.38. The highest BCUT2D eigenvalue weighted by molar-refractivity contribution is 5.99. The molecule has 0 spiro atoms. The Balaban J connectivity index is 0.825. The van der Waals surface area contributed by atoms with Crippen molar-refractivity contribution in [3.63, 3.8) is 0 Å². The second kappa shape index (κ2) is 19.9. The monoisotopic (exact) mass is 924 g/mol. The van der Waals surface area contributed by atoms with Crippen LogP contribution in [0.1, 0.15) is 6.42 Å². The van der Waals surface area contributed by atoms with Gasteiger partial charge in [0, 0.05) is 67.7 Å². The lowest BCUT2D eigenvalue weighted by molar-refractivity contribution is 0.779. The molecule has 72 heavy (non-hydrogen) atoms. The largest absolute Gasteiger partial charge is 0.334 e. The third kappa shape index (κ3) is 8.78. The van der Waals surface area contributed by atoms with Gasteiger partial charge in [0.2, 0.25) is 0 Å². The van der Waals surface area contributed by atoms with Gasteiger partial charge >= 0.3 is 0 Å². The lowest BCUT2D eigenvalue weighted by Gasteiger charge is -2.35. The molecule has 1 aliphatic carbocycles. The van der Waals surface area contributed by atoms with Gasteiger partial charge < -0.3 is 19.6 Å². The quantitative estimate of drug-likeness (QED) is 0.114. The van der Waals surface area contributed by atoms with Crippen LogP contribution >= 0.6 is 0 Å². The minimum atomic E-state index is 0.132. The Labute approximate surface area is 422 Å². The number of para-hydroxylation sites is 4. The molecule has 4 heteroatoms. The summed E-state index contributed by atoms with van der Waals surface area (Å²) in [6, 6.07) is 100. The fourth-order valence-electron chi connectivity index (χ4n) is 10.3. The summed E-state index contributed by atoms with van der Waals surface area (Å²) in [6.45, 7) is 0. The fraction of sp³-hybridized carbons (Fsp3) is 0.0294. The predicted molar refractivity (Wildman–Crippen MR) is 305 cm³/mol. The third-order valence-corrected chi connectivity index (χ3v) is 13.7. The molecule has 0 aromatic heterocycles. The van der Waals surface area contributed by atoms with Crippen molar-refractivity contribution >= 4 is 78.4 Å². The van der Waals surface area contributed by atoms with Gasteiger partial charge in [-0.3, -0.25) is 0 Å². The Morgan fingerprint density at radius 1 is 0.278 bits per heavy atom. The molecule has 4 nitrogen and oxygen atoms in total. The van der Waals surface area contributed by atoms with Crippen LogP contribution < -0.4 is 19.6 Å². The lowest BCUT2D eigenvalue weighted by atomic mass is 9.99. The minimum Gasteiger partial charge on any atom is -0.334 e. The normalized spacial score (nSPS) is 13.1. The maximum absolute atomic E-state index is 2.49. The molecular formula is C68H52N4. The van der Waals surface area contributed by atoms with Gasteiger partial charge in [-0.2, -0.15) is 0 Å². The summed E-state index contributed by atoms with van der Waals surface area (Å²) in [4.78, 5) is 9.54. The summed E-state index contributed by atoms with van der Waals surface area (Å²) in [5.74, 6) is 0. The zero-order valence-electron chi connectivity index (χ0n) is 39.9. The number of allylic oxidation sites excluding steroid dienone is 1. The maximum Gasteiger partial charge on any atom is 0.0561 e. The number of hydrogen-bond acceptors (Lipinski definition) is 4. The van der Waals surface area contributed by atoms with Crippen LogP contribution in [0.2, 0.25) is 0 Å². The highest BCUT2D eigenvalue weighted by atomic mass is 15.2. The molecule has 12 rings (SSSR count). The molecule has 0 saturated carbocycles. The Morgan fingerprint density at radius 3 is 1.14 bits per heavy atom. The summed E-state index contributed by atoms with van der Waals surface area (Å²) in [5.41, 5.74) is 14.7. The Kier molecular flexibility index (Phi) is 12.1. The fourth-order valence-corrected chi connectivity index (χ4v) is 10.3. The van der Waals surface area contributed by atoms with E-state index in [0.29, 0.717) is 0 Å². The first-order chi connectivity index (χ1) is 35.7. The molecule has 11 aromatic carbocycles.